The van der Waals surface area contributed by atoms with Crippen molar-refractivity contribution in [2.24, 2.45) is 0 Å². The third kappa shape index (κ3) is 65.6. The predicted molar refractivity (Wildman–Crippen MR) is 351 cm³/mol. The van der Waals surface area contributed by atoms with Crippen molar-refractivity contribution in [3.63, 3.8) is 0 Å². The standard InChI is InChI=1S/C72H124NO8P/c1-6-8-10-12-14-16-18-20-22-24-26-27-28-29-30-31-32-33-34-35-36-37-38-39-40-41-42-43-44-45-47-48-50-52-54-56-58-60-62-64-71(74)78-68-70(69-80-82(76,77)79-67-66-73(3,4)5)81-72(75)65-63-61-59-57-55-53-51-49-46-25-23-21-19-17-15-13-11-9-7-2/h8-11,14-17,20-23,26-27,46,49,53,55,59,61,70H,6-7,12-13,18-19,24-25,28-45,47-48,50-52,54,56-58,60,62-69H2,1-5H3/b10-8-,11-9-,16-14-,17-15-,22-20-,23-21-,27-26-,49-46-,55-53-,61-59-. The number of hydrogen-bond donors (Lipinski definition) is 0. The smallest absolute Gasteiger partial charge is 0.306 e. The summed E-state index contributed by atoms with van der Waals surface area (Å²) in [6.45, 7) is 3.93. The summed E-state index contributed by atoms with van der Waals surface area (Å²) >= 11 is 0. The molecule has 0 aliphatic rings. The van der Waals surface area contributed by atoms with Crippen LogP contribution in [0.4, 0.5) is 0 Å². The zero-order chi connectivity index (χ0) is 59.8. The van der Waals surface area contributed by atoms with Crippen LogP contribution < -0.4 is 4.89 Å². The Morgan fingerprint density at radius 3 is 1.02 bits per heavy atom. The molecule has 0 aromatic rings. The fraction of sp³-hybridized carbons (Fsp3) is 0.694. The summed E-state index contributed by atoms with van der Waals surface area (Å²) in [6, 6.07) is 0. The zero-order valence-electron chi connectivity index (χ0n) is 53.4. The topological polar surface area (TPSA) is 111 Å². The molecule has 0 saturated carbocycles. The molecule has 0 aromatic heterocycles. The average molecular weight is 1160 g/mol. The fourth-order valence-electron chi connectivity index (χ4n) is 8.97. The molecule has 0 rings (SSSR count). The third-order valence-electron chi connectivity index (χ3n) is 14.0. The van der Waals surface area contributed by atoms with Gasteiger partial charge in [-0.1, -0.05) is 289 Å². The number of hydrogen-bond acceptors (Lipinski definition) is 8. The van der Waals surface area contributed by atoms with Crippen LogP contribution in [0.15, 0.2) is 122 Å². The lowest BCUT2D eigenvalue weighted by Gasteiger charge is -2.28. The Balaban J connectivity index is 3.99. The number of allylic oxidation sites excluding steroid dienone is 20. The molecular weight excluding hydrogens is 1040 g/mol. The highest BCUT2D eigenvalue weighted by Crippen LogP contribution is 2.38. The van der Waals surface area contributed by atoms with Crippen LogP contribution in [0.25, 0.3) is 0 Å². The molecule has 9 nitrogen and oxygen atoms in total. The second-order valence-electron chi connectivity index (χ2n) is 23.1. The number of quaternary nitrogens is 1. The number of carbonyl (C=O) groups excluding carboxylic acids is 2. The van der Waals surface area contributed by atoms with E-state index in [1.165, 1.54) is 154 Å². The summed E-state index contributed by atoms with van der Waals surface area (Å²) in [7, 11) is 1.11. The van der Waals surface area contributed by atoms with E-state index in [9.17, 15) is 19.0 Å². The molecular formula is C72H124NO8P. The van der Waals surface area contributed by atoms with Gasteiger partial charge in [0.25, 0.3) is 7.82 Å². The summed E-state index contributed by atoms with van der Waals surface area (Å²) in [6.07, 6.45) is 88.9. The first-order chi connectivity index (χ1) is 40.0. The molecule has 0 aromatic carbocycles. The van der Waals surface area contributed by atoms with Gasteiger partial charge in [0.1, 0.15) is 19.8 Å². The Labute approximate surface area is 505 Å². The number of nitrogens with zero attached hydrogens (tertiary/aromatic N) is 1. The van der Waals surface area contributed by atoms with E-state index >= 15 is 0 Å². The van der Waals surface area contributed by atoms with Gasteiger partial charge in [-0.2, -0.15) is 0 Å². The monoisotopic (exact) mass is 1160 g/mol. The second-order valence-corrected chi connectivity index (χ2v) is 24.5. The van der Waals surface area contributed by atoms with Crippen molar-refractivity contribution in [3.05, 3.63) is 122 Å². The molecule has 2 unspecified atom stereocenters. The molecule has 2 atom stereocenters. The molecule has 0 N–H and O–H groups in total. The molecule has 470 valence electrons. The van der Waals surface area contributed by atoms with E-state index in [4.69, 9.17) is 18.5 Å². The molecule has 0 aliphatic carbocycles. The zero-order valence-corrected chi connectivity index (χ0v) is 54.3. The van der Waals surface area contributed by atoms with Crippen molar-refractivity contribution in [3.8, 4) is 0 Å². The number of rotatable bonds is 60. The lowest BCUT2D eigenvalue weighted by Crippen LogP contribution is -2.37. The highest BCUT2D eigenvalue weighted by molar-refractivity contribution is 7.45. The molecule has 0 amide bonds. The molecule has 0 heterocycles. The lowest BCUT2D eigenvalue weighted by molar-refractivity contribution is -0.870. The Kier molecular flexibility index (Phi) is 59.2. The van der Waals surface area contributed by atoms with E-state index in [0.29, 0.717) is 17.4 Å². The minimum Gasteiger partial charge on any atom is -0.756 e. The summed E-state index contributed by atoms with van der Waals surface area (Å²) in [5, 5.41) is 0. The van der Waals surface area contributed by atoms with E-state index in [1.54, 1.807) is 0 Å². The van der Waals surface area contributed by atoms with Crippen LogP contribution in [-0.2, 0) is 32.7 Å². The number of unbranched alkanes of at least 4 members (excludes halogenated alkanes) is 26. The Morgan fingerprint density at radius 2 is 0.683 bits per heavy atom. The number of phosphoric acid groups is 1. The van der Waals surface area contributed by atoms with Gasteiger partial charge in [0, 0.05) is 12.8 Å². The average Bonchev–Trinajstić information content (AvgIpc) is 3.46. The minimum absolute atomic E-state index is 0.0484. The van der Waals surface area contributed by atoms with Crippen LogP contribution in [0.3, 0.4) is 0 Å². The van der Waals surface area contributed by atoms with E-state index in [2.05, 4.69) is 123 Å². The van der Waals surface area contributed by atoms with E-state index in [1.807, 2.05) is 33.3 Å². The summed E-state index contributed by atoms with van der Waals surface area (Å²) in [5.41, 5.74) is 0. The van der Waals surface area contributed by atoms with Crippen LogP contribution in [0.5, 0.6) is 0 Å². The summed E-state index contributed by atoms with van der Waals surface area (Å²) < 4.78 is 34.1. The molecule has 10 heteroatoms. The second kappa shape index (κ2) is 62.0. The van der Waals surface area contributed by atoms with Crippen LogP contribution in [0.1, 0.15) is 271 Å². The summed E-state index contributed by atoms with van der Waals surface area (Å²) in [4.78, 5) is 37.9. The van der Waals surface area contributed by atoms with Crippen molar-refractivity contribution < 1.29 is 42.1 Å². The van der Waals surface area contributed by atoms with Gasteiger partial charge in [-0.05, 0) is 89.9 Å². The van der Waals surface area contributed by atoms with Crippen molar-refractivity contribution in [2.45, 2.75) is 277 Å². The molecule has 0 bridgehead atoms. The molecule has 0 radical (unpaired) electrons. The van der Waals surface area contributed by atoms with Crippen molar-refractivity contribution in [1.29, 1.82) is 0 Å². The van der Waals surface area contributed by atoms with Crippen molar-refractivity contribution in [1.82, 2.24) is 0 Å². The molecule has 82 heavy (non-hydrogen) atoms. The predicted octanol–water partition coefficient (Wildman–Crippen LogP) is 20.9. The van der Waals surface area contributed by atoms with Crippen molar-refractivity contribution >= 4 is 19.8 Å². The lowest BCUT2D eigenvalue weighted by atomic mass is 10.0. The molecule has 0 spiro atoms. The largest absolute Gasteiger partial charge is 0.756 e. The van der Waals surface area contributed by atoms with E-state index in [-0.39, 0.29) is 26.1 Å². The van der Waals surface area contributed by atoms with Crippen LogP contribution >= 0.6 is 7.82 Å². The number of likely N-dealkylation sites (N-methyl/N-ethyl adjacent to an activating group) is 1. The summed E-state index contributed by atoms with van der Waals surface area (Å²) in [5.74, 6) is -0.929. The van der Waals surface area contributed by atoms with Gasteiger partial charge in [-0.25, -0.2) is 0 Å². The Morgan fingerprint density at radius 1 is 0.378 bits per heavy atom. The van der Waals surface area contributed by atoms with Crippen LogP contribution in [-0.4, -0.2) is 70.0 Å². The quantitative estimate of drug-likeness (QED) is 0.0195. The van der Waals surface area contributed by atoms with E-state index < -0.39 is 32.5 Å². The van der Waals surface area contributed by atoms with Gasteiger partial charge in [0.15, 0.2) is 6.10 Å². The van der Waals surface area contributed by atoms with Gasteiger partial charge in [0.05, 0.1) is 27.7 Å². The van der Waals surface area contributed by atoms with Gasteiger partial charge < -0.3 is 27.9 Å². The SMILES string of the molecule is CC/C=C\C/C=C\C/C=C\C/C=C\C/C=C\C/C=C\CCC(=O)OC(COC(=O)CCCCCCCCCCCCCCCCCCCCCCCCCCCC/C=C\C/C=C\C/C=C\C/C=C\CC)COP(=O)([O-])OCC[N+](C)(C)C. The van der Waals surface area contributed by atoms with E-state index in [0.717, 1.165) is 83.5 Å². The fourth-order valence-corrected chi connectivity index (χ4v) is 9.70. The maximum absolute atomic E-state index is 12.8. The highest BCUT2D eigenvalue weighted by Gasteiger charge is 2.21. The maximum Gasteiger partial charge on any atom is 0.306 e. The maximum atomic E-state index is 12.8. The molecule has 0 saturated heterocycles. The highest BCUT2D eigenvalue weighted by atomic mass is 31.2. The van der Waals surface area contributed by atoms with Crippen molar-refractivity contribution in [2.75, 3.05) is 47.5 Å². The van der Waals surface area contributed by atoms with Gasteiger partial charge in [-0.3, -0.25) is 14.2 Å². The van der Waals surface area contributed by atoms with Gasteiger partial charge >= 0.3 is 11.9 Å². The first-order valence-corrected chi connectivity index (χ1v) is 34.7. The molecule has 0 fully saturated rings. The number of esters is 2. The van der Waals surface area contributed by atoms with Crippen LogP contribution in [0, 0.1) is 0 Å². The Bertz CT molecular complexity index is 1800. The number of carbonyl (C=O) groups is 2. The number of ether oxygens (including phenoxy) is 2. The minimum atomic E-state index is -4.66. The number of phosphoric ester groups is 1. The van der Waals surface area contributed by atoms with Gasteiger partial charge in [-0.15, -0.1) is 0 Å². The Hall–Kier alpha value is -3.59. The molecule has 0 aliphatic heterocycles. The first kappa shape index (κ1) is 78.4. The van der Waals surface area contributed by atoms with Gasteiger partial charge in [0.2, 0.25) is 0 Å². The first-order valence-electron chi connectivity index (χ1n) is 33.2. The van der Waals surface area contributed by atoms with Crippen LogP contribution in [0.2, 0.25) is 0 Å². The third-order valence-corrected chi connectivity index (χ3v) is 15.0. The normalized spacial score (nSPS) is 14.0.